The van der Waals surface area contributed by atoms with Gasteiger partial charge in [-0.2, -0.15) is 5.26 Å². The van der Waals surface area contributed by atoms with Crippen molar-refractivity contribution >= 4 is 11.7 Å². The van der Waals surface area contributed by atoms with Crippen LogP contribution in [-0.4, -0.2) is 43.0 Å². The lowest BCUT2D eigenvalue weighted by Crippen LogP contribution is -2.39. The van der Waals surface area contributed by atoms with Crippen LogP contribution in [0.25, 0.3) is 11.1 Å². The van der Waals surface area contributed by atoms with Crippen molar-refractivity contribution in [3.63, 3.8) is 0 Å². The van der Waals surface area contributed by atoms with Crippen LogP contribution in [0.1, 0.15) is 11.1 Å². The number of nitriles is 1. The first-order valence-electron chi connectivity index (χ1n) is 10.0. The van der Waals surface area contributed by atoms with Crippen LogP contribution >= 0.6 is 0 Å². The Bertz CT molecular complexity index is 1070. The number of nitrogens with zero attached hydrogens (tertiary/aromatic N) is 3. The van der Waals surface area contributed by atoms with Gasteiger partial charge in [0.05, 0.1) is 11.6 Å². The molecule has 0 aromatic heterocycles. The summed E-state index contributed by atoms with van der Waals surface area (Å²) in [6.07, 6.45) is 0. The number of halogens is 1. The predicted molar refractivity (Wildman–Crippen MR) is 121 cm³/mol. The number of nitrogens with one attached hydrogen (secondary N) is 1. The van der Waals surface area contributed by atoms with Gasteiger partial charge in [-0.1, -0.05) is 36.4 Å². The van der Waals surface area contributed by atoms with Gasteiger partial charge in [0.25, 0.3) is 0 Å². The first kappa shape index (κ1) is 22.0. The maximum absolute atomic E-state index is 13.6. The molecule has 2 amide bonds. The van der Waals surface area contributed by atoms with E-state index in [1.165, 1.54) is 12.1 Å². The van der Waals surface area contributed by atoms with Gasteiger partial charge in [0.2, 0.25) is 0 Å². The fraction of sp³-hybridized carbons (Fsp3) is 0.200. The van der Waals surface area contributed by atoms with Crippen molar-refractivity contribution in [1.29, 1.82) is 5.26 Å². The number of urea groups is 1. The van der Waals surface area contributed by atoms with E-state index in [1.807, 2.05) is 61.5 Å². The van der Waals surface area contributed by atoms with E-state index in [9.17, 15) is 9.18 Å². The molecule has 0 spiro atoms. The molecule has 6 heteroatoms. The van der Waals surface area contributed by atoms with Crippen molar-refractivity contribution in [1.82, 2.24) is 9.80 Å². The monoisotopic (exact) mass is 416 g/mol. The fourth-order valence-electron chi connectivity index (χ4n) is 3.15. The van der Waals surface area contributed by atoms with Gasteiger partial charge in [0, 0.05) is 25.3 Å². The summed E-state index contributed by atoms with van der Waals surface area (Å²) in [5.41, 5.74) is 3.90. The first-order chi connectivity index (χ1) is 14.9. The Morgan fingerprint density at radius 1 is 0.968 bits per heavy atom. The highest BCUT2D eigenvalue weighted by Gasteiger charge is 2.15. The van der Waals surface area contributed by atoms with Crippen LogP contribution in [-0.2, 0) is 6.54 Å². The van der Waals surface area contributed by atoms with Gasteiger partial charge >= 0.3 is 6.03 Å². The number of carbonyl (C=O) groups excluding carboxylic acids is 1. The Kier molecular flexibility index (Phi) is 7.36. The molecule has 0 bridgehead atoms. The van der Waals surface area contributed by atoms with Crippen molar-refractivity contribution in [2.24, 2.45) is 0 Å². The van der Waals surface area contributed by atoms with Crippen LogP contribution in [0.15, 0.2) is 72.8 Å². The summed E-state index contributed by atoms with van der Waals surface area (Å²) in [5, 5.41) is 11.9. The highest BCUT2D eigenvalue weighted by atomic mass is 19.1. The topological polar surface area (TPSA) is 59.4 Å². The Hall–Kier alpha value is -3.69. The molecule has 0 saturated heterocycles. The summed E-state index contributed by atoms with van der Waals surface area (Å²) in [4.78, 5) is 16.7. The second-order valence-electron chi connectivity index (χ2n) is 7.55. The maximum Gasteiger partial charge on any atom is 0.322 e. The number of anilines is 1. The number of hydrogen-bond donors (Lipinski definition) is 1. The molecule has 0 heterocycles. The van der Waals surface area contributed by atoms with E-state index in [2.05, 4.69) is 11.4 Å². The summed E-state index contributed by atoms with van der Waals surface area (Å²) in [6, 6.07) is 23.0. The lowest BCUT2D eigenvalue weighted by molar-refractivity contribution is 0.202. The number of benzene rings is 3. The van der Waals surface area contributed by atoms with Crippen molar-refractivity contribution in [2.75, 3.05) is 32.5 Å². The predicted octanol–water partition coefficient (Wildman–Crippen LogP) is 4.96. The molecule has 1 N–H and O–H groups in total. The quantitative estimate of drug-likeness (QED) is 0.592. The maximum atomic E-state index is 13.6. The van der Waals surface area contributed by atoms with Gasteiger partial charge in [0.15, 0.2) is 0 Å². The summed E-state index contributed by atoms with van der Waals surface area (Å²) in [6.45, 7) is 1.51. The molecular formula is C25H25FN4O. The number of amides is 2. The molecule has 5 nitrogen and oxygen atoms in total. The number of rotatable bonds is 7. The first-order valence-corrected chi connectivity index (χ1v) is 10.0. The van der Waals surface area contributed by atoms with Crippen molar-refractivity contribution in [2.45, 2.75) is 6.54 Å². The second-order valence-corrected chi connectivity index (χ2v) is 7.55. The largest absolute Gasteiger partial charge is 0.322 e. The van der Waals surface area contributed by atoms with E-state index in [1.54, 1.807) is 23.1 Å². The number of likely N-dealkylation sites (N-methyl/N-ethyl adjacent to an activating group) is 1. The van der Waals surface area contributed by atoms with E-state index in [0.717, 1.165) is 16.7 Å². The summed E-state index contributed by atoms with van der Waals surface area (Å²) < 4.78 is 13.6. The molecule has 158 valence electrons. The lowest BCUT2D eigenvalue weighted by Gasteiger charge is -2.25. The zero-order valence-corrected chi connectivity index (χ0v) is 17.7. The Morgan fingerprint density at radius 2 is 1.71 bits per heavy atom. The highest BCUT2D eigenvalue weighted by Crippen LogP contribution is 2.23. The van der Waals surface area contributed by atoms with Crippen LogP contribution in [0, 0.1) is 17.1 Å². The van der Waals surface area contributed by atoms with E-state index >= 15 is 0 Å². The summed E-state index contributed by atoms with van der Waals surface area (Å²) >= 11 is 0. The lowest BCUT2D eigenvalue weighted by atomic mass is 10.0. The van der Waals surface area contributed by atoms with E-state index < -0.39 is 0 Å². The van der Waals surface area contributed by atoms with Gasteiger partial charge < -0.3 is 15.1 Å². The highest BCUT2D eigenvalue weighted by molar-refractivity contribution is 5.90. The molecule has 0 radical (unpaired) electrons. The number of carbonyl (C=O) groups is 1. The molecule has 0 atom stereocenters. The summed E-state index contributed by atoms with van der Waals surface area (Å²) in [7, 11) is 3.89. The molecule has 3 aromatic carbocycles. The number of hydrogen-bond acceptors (Lipinski definition) is 3. The Morgan fingerprint density at radius 3 is 2.39 bits per heavy atom. The van der Waals surface area contributed by atoms with Crippen molar-refractivity contribution in [3.05, 3.63) is 89.7 Å². The normalized spacial score (nSPS) is 10.5. The summed E-state index contributed by atoms with van der Waals surface area (Å²) in [5.74, 6) is -0.319. The van der Waals surface area contributed by atoms with E-state index in [0.29, 0.717) is 30.9 Å². The van der Waals surface area contributed by atoms with Crippen molar-refractivity contribution < 1.29 is 9.18 Å². The molecule has 0 unspecified atom stereocenters. The minimum Gasteiger partial charge on any atom is -0.319 e. The average Bonchev–Trinajstić information content (AvgIpc) is 2.76. The molecule has 0 saturated carbocycles. The third-order valence-electron chi connectivity index (χ3n) is 4.83. The third-order valence-corrected chi connectivity index (χ3v) is 4.83. The average molecular weight is 417 g/mol. The third kappa shape index (κ3) is 6.39. The molecular weight excluding hydrogens is 391 g/mol. The molecule has 0 fully saturated rings. The van der Waals surface area contributed by atoms with Crippen LogP contribution < -0.4 is 5.32 Å². The van der Waals surface area contributed by atoms with E-state index in [4.69, 9.17) is 5.26 Å². The molecule has 3 rings (SSSR count). The molecule has 0 aliphatic heterocycles. The second kappa shape index (κ2) is 10.4. The van der Waals surface area contributed by atoms with Crippen molar-refractivity contribution in [3.8, 4) is 17.2 Å². The van der Waals surface area contributed by atoms with E-state index in [-0.39, 0.29) is 11.8 Å². The van der Waals surface area contributed by atoms with Gasteiger partial charge in [-0.3, -0.25) is 0 Å². The zero-order valence-electron chi connectivity index (χ0n) is 17.7. The van der Waals surface area contributed by atoms with Gasteiger partial charge in [-0.15, -0.1) is 0 Å². The fourth-order valence-corrected chi connectivity index (χ4v) is 3.15. The molecule has 0 aliphatic carbocycles. The minimum absolute atomic E-state index is 0.247. The SMILES string of the molecule is CN(C)CCN(Cc1cccc(F)c1)C(=O)Nc1cccc(-c2ccc(C#N)cc2)c1. The minimum atomic E-state index is -0.319. The zero-order chi connectivity index (χ0) is 22.2. The molecule has 0 aliphatic rings. The molecule has 3 aromatic rings. The standard InChI is InChI=1S/C25H25FN4O/c1-29(2)13-14-30(18-20-5-3-7-23(26)15-20)25(31)28-24-8-4-6-22(16-24)21-11-9-19(17-27)10-12-21/h3-12,15-16H,13-14,18H2,1-2H3,(H,28,31). The van der Waals surface area contributed by atoms with Gasteiger partial charge in [0.1, 0.15) is 5.82 Å². The van der Waals surface area contributed by atoms with Gasteiger partial charge in [-0.05, 0) is 67.2 Å². The smallest absolute Gasteiger partial charge is 0.319 e. The van der Waals surface area contributed by atoms with Crippen LogP contribution in [0.4, 0.5) is 14.9 Å². The van der Waals surface area contributed by atoms with Crippen LogP contribution in [0.3, 0.4) is 0 Å². The molecule has 31 heavy (non-hydrogen) atoms. The Labute approximate surface area is 182 Å². The Balaban J connectivity index is 1.76. The van der Waals surface area contributed by atoms with Gasteiger partial charge in [-0.25, -0.2) is 9.18 Å². The van der Waals surface area contributed by atoms with Crippen LogP contribution in [0.2, 0.25) is 0 Å². The van der Waals surface area contributed by atoms with Crippen LogP contribution in [0.5, 0.6) is 0 Å².